The van der Waals surface area contributed by atoms with Crippen LogP contribution < -0.4 is 5.32 Å². The van der Waals surface area contributed by atoms with Crippen LogP contribution in [0.4, 0.5) is 0 Å². The number of aliphatic hydroxyl groups is 1. The number of benzene rings is 1. The Bertz CT molecular complexity index is 394. The Labute approximate surface area is 114 Å². The Hall–Kier alpha value is -0.580. The molecule has 3 nitrogen and oxygen atoms in total. The summed E-state index contributed by atoms with van der Waals surface area (Å²) >= 11 is 9.24. The van der Waals surface area contributed by atoms with Gasteiger partial charge in [-0.2, -0.15) is 0 Å². The van der Waals surface area contributed by atoms with Crippen LogP contribution in [0.3, 0.4) is 0 Å². The van der Waals surface area contributed by atoms with Gasteiger partial charge in [0.25, 0.3) is 0 Å². The van der Waals surface area contributed by atoms with Crippen LogP contribution in [0.1, 0.15) is 18.9 Å². The second-order valence-corrected chi connectivity index (χ2v) is 5.06. The zero-order chi connectivity index (χ0) is 12.8. The van der Waals surface area contributed by atoms with Crippen molar-refractivity contribution in [2.45, 2.75) is 25.8 Å². The van der Waals surface area contributed by atoms with Crippen LogP contribution in [0.5, 0.6) is 0 Å². The van der Waals surface area contributed by atoms with Gasteiger partial charge in [-0.1, -0.05) is 34.5 Å². The van der Waals surface area contributed by atoms with Crippen LogP contribution in [0.2, 0.25) is 5.02 Å². The highest BCUT2D eigenvalue weighted by Gasteiger charge is 2.11. The van der Waals surface area contributed by atoms with Crippen molar-refractivity contribution in [3.63, 3.8) is 0 Å². The molecular formula is C12H15BrClNO2. The predicted molar refractivity (Wildman–Crippen MR) is 72.2 cm³/mol. The number of carbonyl (C=O) groups excluding carboxylic acids is 1. The first-order chi connectivity index (χ1) is 8.06. The molecule has 0 heterocycles. The molecule has 94 valence electrons. The van der Waals surface area contributed by atoms with E-state index in [1.807, 2.05) is 13.0 Å². The number of carbonyl (C=O) groups is 1. The van der Waals surface area contributed by atoms with Crippen molar-refractivity contribution < 1.29 is 9.90 Å². The third kappa shape index (κ3) is 4.66. The predicted octanol–water partition coefficient (Wildman–Crippen LogP) is 2.53. The Morgan fingerprint density at radius 3 is 2.88 bits per heavy atom. The lowest BCUT2D eigenvalue weighted by Crippen LogP contribution is -2.37. The average molecular weight is 321 g/mol. The summed E-state index contributed by atoms with van der Waals surface area (Å²) in [4.78, 5) is 11.7. The molecule has 0 saturated carbocycles. The second kappa shape index (κ2) is 6.99. The van der Waals surface area contributed by atoms with Crippen molar-refractivity contribution in [2.75, 3.05) is 6.61 Å². The van der Waals surface area contributed by atoms with E-state index < -0.39 is 0 Å². The van der Waals surface area contributed by atoms with Gasteiger partial charge in [-0.3, -0.25) is 4.79 Å². The van der Waals surface area contributed by atoms with Gasteiger partial charge in [0, 0.05) is 9.50 Å². The first kappa shape index (κ1) is 14.5. The van der Waals surface area contributed by atoms with E-state index in [9.17, 15) is 4.79 Å². The zero-order valence-corrected chi connectivity index (χ0v) is 11.9. The third-order valence-corrected chi connectivity index (χ3v) is 3.45. The van der Waals surface area contributed by atoms with Crippen molar-refractivity contribution in [1.82, 2.24) is 5.32 Å². The standard InChI is InChI=1S/C12H15BrClNO2/c1-2-10(7-16)15-12(17)6-8-5-9(14)3-4-11(8)13/h3-5,10,16H,2,6-7H2,1H3,(H,15,17). The van der Waals surface area contributed by atoms with Crippen molar-refractivity contribution >= 4 is 33.4 Å². The topological polar surface area (TPSA) is 49.3 Å². The average Bonchev–Trinajstić information content (AvgIpc) is 2.31. The van der Waals surface area contributed by atoms with E-state index in [0.29, 0.717) is 11.4 Å². The minimum absolute atomic E-state index is 0.0427. The van der Waals surface area contributed by atoms with Gasteiger partial charge in [0.1, 0.15) is 0 Å². The van der Waals surface area contributed by atoms with Gasteiger partial charge >= 0.3 is 0 Å². The summed E-state index contributed by atoms with van der Waals surface area (Å²) in [6.45, 7) is 1.87. The van der Waals surface area contributed by atoms with Gasteiger partial charge < -0.3 is 10.4 Å². The summed E-state index contributed by atoms with van der Waals surface area (Å²) in [5.41, 5.74) is 0.836. The minimum Gasteiger partial charge on any atom is -0.394 e. The van der Waals surface area contributed by atoms with Gasteiger partial charge in [-0.15, -0.1) is 0 Å². The smallest absolute Gasteiger partial charge is 0.224 e. The SMILES string of the molecule is CCC(CO)NC(=O)Cc1cc(Cl)ccc1Br. The maximum absolute atomic E-state index is 11.7. The molecule has 1 aromatic carbocycles. The number of aliphatic hydroxyl groups excluding tert-OH is 1. The van der Waals surface area contributed by atoms with E-state index in [1.54, 1.807) is 12.1 Å². The van der Waals surface area contributed by atoms with Crippen LogP contribution in [0.25, 0.3) is 0 Å². The molecule has 17 heavy (non-hydrogen) atoms. The Morgan fingerprint density at radius 1 is 1.59 bits per heavy atom. The highest BCUT2D eigenvalue weighted by Crippen LogP contribution is 2.21. The lowest BCUT2D eigenvalue weighted by atomic mass is 10.1. The molecule has 0 spiro atoms. The summed E-state index contributed by atoms with van der Waals surface area (Å²) in [7, 11) is 0. The largest absolute Gasteiger partial charge is 0.394 e. The van der Waals surface area contributed by atoms with Crippen molar-refractivity contribution in [1.29, 1.82) is 0 Å². The molecule has 0 aliphatic carbocycles. The molecule has 1 rings (SSSR count). The summed E-state index contributed by atoms with van der Waals surface area (Å²) in [5.74, 6) is -0.117. The van der Waals surface area contributed by atoms with Crippen LogP contribution in [0.15, 0.2) is 22.7 Å². The summed E-state index contributed by atoms with van der Waals surface area (Å²) < 4.78 is 0.856. The van der Waals surface area contributed by atoms with Crippen LogP contribution in [-0.2, 0) is 11.2 Å². The summed E-state index contributed by atoms with van der Waals surface area (Å²) in [6, 6.07) is 5.15. The Morgan fingerprint density at radius 2 is 2.29 bits per heavy atom. The molecule has 0 aliphatic rings. The maximum Gasteiger partial charge on any atom is 0.224 e. The van der Waals surface area contributed by atoms with E-state index >= 15 is 0 Å². The molecule has 0 bridgehead atoms. The first-order valence-corrected chi connectivity index (χ1v) is 6.58. The minimum atomic E-state index is -0.180. The number of amides is 1. The lowest BCUT2D eigenvalue weighted by Gasteiger charge is -2.14. The molecule has 0 fully saturated rings. The number of hydrogen-bond acceptors (Lipinski definition) is 2. The molecule has 1 atom stereocenters. The quantitative estimate of drug-likeness (QED) is 0.876. The fourth-order valence-electron chi connectivity index (χ4n) is 1.41. The highest BCUT2D eigenvalue weighted by molar-refractivity contribution is 9.10. The van der Waals surface area contributed by atoms with Crippen molar-refractivity contribution in [3.8, 4) is 0 Å². The molecule has 1 amide bonds. The normalized spacial score (nSPS) is 12.2. The molecule has 1 unspecified atom stereocenters. The fourth-order valence-corrected chi connectivity index (χ4v) is 1.99. The molecular weight excluding hydrogens is 305 g/mol. The highest BCUT2D eigenvalue weighted by atomic mass is 79.9. The number of nitrogens with one attached hydrogen (secondary N) is 1. The second-order valence-electron chi connectivity index (χ2n) is 3.77. The van der Waals surface area contributed by atoms with Gasteiger partial charge in [-0.25, -0.2) is 0 Å². The molecule has 0 aromatic heterocycles. The number of hydrogen-bond donors (Lipinski definition) is 2. The van der Waals surface area contributed by atoms with Crippen molar-refractivity contribution in [3.05, 3.63) is 33.3 Å². The van der Waals surface area contributed by atoms with E-state index in [0.717, 1.165) is 10.0 Å². The van der Waals surface area contributed by atoms with E-state index in [4.69, 9.17) is 16.7 Å². The van der Waals surface area contributed by atoms with E-state index in [-0.39, 0.29) is 25.0 Å². The van der Waals surface area contributed by atoms with Gasteiger partial charge in [0.05, 0.1) is 19.1 Å². The van der Waals surface area contributed by atoms with Crippen LogP contribution >= 0.6 is 27.5 Å². The molecule has 1 aromatic rings. The van der Waals surface area contributed by atoms with E-state index in [2.05, 4.69) is 21.2 Å². The fraction of sp³-hybridized carbons (Fsp3) is 0.417. The number of rotatable bonds is 5. The maximum atomic E-state index is 11.7. The lowest BCUT2D eigenvalue weighted by molar-refractivity contribution is -0.121. The molecule has 5 heteroatoms. The molecule has 2 N–H and O–H groups in total. The molecule has 0 radical (unpaired) electrons. The summed E-state index contributed by atoms with van der Waals surface area (Å²) in [6.07, 6.45) is 0.955. The number of halogens is 2. The van der Waals surface area contributed by atoms with Crippen LogP contribution in [0, 0.1) is 0 Å². The molecule has 0 aliphatic heterocycles. The summed E-state index contributed by atoms with van der Waals surface area (Å²) in [5, 5.41) is 12.4. The Kier molecular flexibility index (Phi) is 5.95. The Balaban J connectivity index is 2.64. The third-order valence-electron chi connectivity index (χ3n) is 2.44. The van der Waals surface area contributed by atoms with Gasteiger partial charge in [-0.05, 0) is 30.2 Å². The first-order valence-electron chi connectivity index (χ1n) is 5.41. The monoisotopic (exact) mass is 319 g/mol. The van der Waals surface area contributed by atoms with E-state index in [1.165, 1.54) is 0 Å². The van der Waals surface area contributed by atoms with Crippen molar-refractivity contribution in [2.24, 2.45) is 0 Å². The zero-order valence-electron chi connectivity index (χ0n) is 9.54. The molecule has 0 saturated heterocycles. The van der Waals surface area contributed by atoms with Crippen LogP contribution in [-0.4, -0.2) is 23.7 Å². The van der Waals surface area contributed by atoms with Gasteiger partial charge in [0.2, 0.25) is 5.91 Å². The van der Waals surface area contributed by atoms with Gasteiger partial charge in [0.15, 0.2) is 0 Å².